The van der Waals surface area contributed by atoms with Crippen molar-refractivity contribution in [3.63, 3.8) is 0 Å². The Morgan fingerprint density at radius 3 is 2.42 bits per heavy atom. The number of hydrogen-bond donors (Lipinski definition) is 1. The van der Waals surface area contributed by atoms with Crippen molar-refractivity contribution in [3.05, 3.63) is 52.5 Å². The number of ether oxygens (including phenoxy) is 2. The summed E-state index contributed by atoms with van der Waals surface area (Å²) in [5, 5.41) is 2.86. The second kappa shape index (κ2) is 11.5. The lowest BCUT2D eigenvalue weighted by molar-refractivity contribution is -0.178. The zero-order valence-electron chi connectivity index (χ0n) is 23.4. The molecule has 1 aliphatic heterocycles. The molecule has 1 N–H and O–H groups in total. The summed E-state index contributed by atoms with van der Waals surface area (Å²) in [5.74, 6) is -3.95. The van der Waals surface area contributed by atoms with E-state index in [2.05, 4.69) is 5.32 Å². The van der Waals surface area contributed by atoms with Gasteiger partial charge in [-0.25, -0.2) is 0 Å². The third kappa shape index (κ3) is 7.22. The Morgan fingerprint density at radius 2 is 1.80 bits per heavy atom. The summed E-state index contributed by atoms with van der Waals surface area (Å²) in [6.07, 6.45) is -2.54. The van der Waals surface area contributed by atoms with E-state index in [1.54, 1.807) is 51.1 Å². The van der Waals surface area contributed by atoms with Crippen molar-refractivity contribution >= 4 is 34.9 Å². The molecule has 218 valence electrons. The number of fused-ring (bicyclic) bond motifs is 1. The zero-order chi connectivity index (χ0) is 29.4. The van der Waals surface area contributed by atoms with E-state index < -0.39 is 29.5 Å². The van der Waals surface area contributed by atoms with Crippen molar-refractivity contribution in [2.75, 3.05) is 30.4 Å². The van der Waals surface area contributed by atoms with Crippen LogP contribution in [-0.2, 0) is 14.3 Å². The van der Waals surface area contributed by atoms with Gasteiger partial charge >= 0.3 is 12.1 Å². The molecule has 0 saturated heterocycles. The Kier molecular flexibility index (Phi) is 8.64. The van der Waals surface area contributed by atoms with Gasteiger partial charge in [0, 0.05) is 7.05 Å². The van der Waals surface area contributed by atoms with E-state index in [-0.39, 0.29) is 40.5 Å². The molecule has 4 rings (SSSR count). The number of esters is 1. The molecular weight excluding hydrogens is 545 g/mol. The Morgan fingerprint density at radius 1 is 1.12 bits per heavy atom. The maximum Gasteiger partial charge on any atom is 0.392 e. The van der Waals surface area contributed by atoms with E-state index in [0.717, 1.165) is 25.3 Å². The lowest BCUT2D eigenvalue weighted by Crippen LogP contribution is -2.35. The third-order valence-corrected chi connectivity index (χ3v) is 7.74. The van der Waals surface area contributed by atoms with Crippen molar-refractivity contribution < 1.29 is 32.2 Å². The van der Waals surface area contributed by atoms with Gasteiger partial charge in [0.25, 0.3) is 0 Å². The number of nitrogens with zero attached hydrogens (tertiary/aromatic N) is 1. The first-order valence-electron chi connectivity index (χ1n) is 13.5. The van der Waals surface area contributed by atoms with Gasteiger partial charge < -0.3 is 19.7 Å². The van der Waals surface area contributed by atoms with Crippen LogP contribution in [0.4, 0.5) is 24.5 Å². The summed E-state index contributed by atoms with van der Waals surface area (Å²) in [4.78, 5) is 28.1. The number of likely N-dealkylation sites (N-methyl/N-ethyl adjacent to an activating group) is 1. The summed E-state index contributed by atoms with van der Waals surface area (Å²) in [6, 6.07) is 9.76. The van der Waals surface area contributed by atoms with E-state index in [9.17, 15) is 22.8 Å². The van der Waals surface area contributed by atoms with E-state index in [0.29, 0.717) is 24.6 Å². The smallest absolute Gasteiger partial charge is 0.392 e. The Hall–Kier alpha value is -2.94. The minimum Gasteiger partial charge on any atom is -0.490 e. The van der Waals surface area contributed by atoms with Crippen molar-refractivity contribution in [1.82, 2.24) is 0 Å². The molecule has 10 heteroatoms. The van der Waals surface area contributed by atoms with Crippen molar-refractivity contribution in [2.24, 2.45) is 11.8 Å². The highest BCUT2D eigenvalue weighted by atomic mass is 35.5. The number of hydrogen-bond acceptors (Lipinski definition) is 5. The molecule has 2 aliphatic rings. The minimum absolute atomic E-state index is 0.149. The van der Waals surface area contributed by atoms with Crippen LogP contribution in [0, 0.1) is 11.8 Å². The van der Waals surface area contributed by atoms with Gasteiger partial charge in [-0.1, -0.05) is 30.7 Å². The molecule has 1 saturated carbocycles. The lowest BCUT2D eigenvalue weighted by atomic mass is 9.85. The van der Waals surface area contributed by atoms with Crippen molar-refractivity contribution in [2.45, 2.75) is 70.6 Å². The van der Waals surface area contributed by atoms with Gasteiger partial charge in [0.1, 0.15) is 18.0 Å². The van der Waals surface area contributed by atoms with Crippen LogP contribution < -0.4 is 15.0 Å². The molecule has 1 amide bonds. The van der Waals surface area contributed by atoms with Crippen molar-refractivity contribution in [3.8, 4) is 5.75 Å². The fraction of sp³-hybridized carbons (Fsp3) is 0.533. The van der Waals surface area contributed by atoms with E-state index in [1.165, 1.54) is 6.07 Å². The van der Waals surface area contributed by atoms with Gasteiger partial charge in [-0.05, 0) is 80.8 Å². The number of rotatable bonds is 8. The minimum atomic E-state index is -4.61. The standard InChI is InChI=1S/C30H36ClF3N2O4/c1-17(30(32,33)34)27(20-9-11-25-24(15-20)36(5)12-13-39-25)28(38)35-23-14-19(8-10-22(23)31)21(18-6-7-18)16-26(37)40-29(2,3)4/h8-11,14-15,17-18,21,27H,6-7,12-13,16H2,1-5H3,(H,35,38)/t17-,21+,27?/m1/s1. The van der Waals surface area contributed by atoms with Gasteiger partial charge in [-0.15, -0.1) is 0 Å². The molecular formula is C30H36ClF3N2O4. The zero-order valence-corrected chi connectivity index (χ0v) is 24.2. The van der Waals surface area contributed by atoms with Crippen LogP contribution in [0.25, 0.3) is 0 Å². The first kappa shape index (κ1) is 30.0. The van der Waals surface area contributed by atoms with Gasteiger partial charge in [-0.3, -0.25) is 9.59 Å². The van der Waals surface area contributed by atoms with Crippen LogP contribution in [0.2, 0.25) is 5.02 Å². The number of anilines is 2. The number of benzene rings is 2. The number of nitrogens with one attached hydrogen (secondary N) is 1. The molecule has 0 radical (unpaired) electrons. The molecule has 2 aromatic rings. The molecule has 1 unspecified atom stereocenters. The lowest BCUT2D eigenvalue weighted by Gasteiger charge is -2.30. The molecule has 2 aromatic carbocycles. The first-order valence-corrected chi connectivity index (χ1v) is 13.9. The normalized spacial score (nSPS) is 17.8. The van der Waals surface area contributed by atoms with E-state index >= 15 is 0 Å². The van der Waals surface area contributed by atoms with E-state index in [1.807, 2.05) is 11.9 Å². The highest BCUT2D eigenvalue weighted by Crippen LogP contribution is 2.46. The SMILES string of the molecule is C[C@H](C(C(=O)Nc1cc([C@@H](CC(=O)OC(C)(C)C)C2CC2)ccc1Cl)c1ccc2c(c1)N(C)CCO2)C(F)(F)F. The van der Waals surface area contributed by atoms with Crippen LogP contribution in [0.3, 0.4) is 0 Å². The summed E-state index contributed by atoms with van der Waals surface area (Å²) >= 11 is 6.42. The molecule has 0 aromatic heterocycles. The molecule has 0 spiro atoms. The fourth-order valence-corrected chi connectivity index (χ4v) is 5.28. The summed E-state index contributed by atoms with van der Waals surface area (Å²) in [7, 11) is 1.83. The van der Waals surface area contributed by atoms with Crippen LogP contribution in [0.5, 0.6) is 5.75 Å². The maximum atomic E-state index is 14.0. The molecule has 3 atom stereocenters. The molecule has 1 fully saturated rings. The van der Waals surface area contributed by atoms with Gasteiger partial charge in [-0.2, -0.15) is 13.2 Å². The Bertz CT molecular complexity index is 1260. The predicted octanol–water partition coefficient (Wildman–Crippen LogP) is 7.31. The van der Waals surface area contributed by atoms with Crippen LogP contribution in [0.1, 0.15) is 69.9 Å². The number of halogens is 4. The number of alkyl halides is 3. The highest BCUT2D eigenvalue weighted by Gasteiger charge is 2.45. The quantitative estimate of drug-likeness (QED) is 0.332. The van der Waals surface area contributed by atoms with Crippen molar-refractivity contribution in [1.29, 1.82) is 0 Å². The second-order valence-corrected chi connectivity index (χ2v) is 12.2. The summed E-state index contributed by atoms with van der Waals surface area (Å²) < 4.78 is 53.1. The van der Waals surface area contributed by atoms with Crippen LogP contribution in [0.15, 0.2) is 36.4 Å². The number of carbonyl (C=O) groups excluding carboxylic acids is 2. The Labute approximate surface area is 238 Å². The topological polar surface area (TPSA) is 67.9 Å². The van der Waals surface area contributed by atoms with Gasteiger partial charge in [0.2, 0.25) is 5.91 Å². The second-order valence-electron chi connectivity index (χ2n) is 11.8. The number of carbonyl (C=O) groups is 2. The average molecular weight is 581 g/mol. The summed E-state index contributed by atoms with van der Waals surface area (Å²) in [6.45, 7) is 7.47. The third-order valence-electron chi connectivity index (χ3n) is 7.41. The molecule has 6 nitrogen and oxygen atoms in total. The monoisotopic (exact) mass is 580 g/mol. The van der Waals surface area contributed by atoms with E-state index in [4.69, 9.17) is 21.1 Å². The summed E-state index contributed by atoms with van der Waals surface area (Å²) in [5.41, 5.74) is 1.22. The fourth-order valence-electron chi connectivity index (χ4n) is 5.12. The molecule has 0 bridgehead atoms. The Balaban J connectivity index is 1.63. The van der Waals surface area contributed by atoms with Gasteiger partial charge in [0.05, 0.1) is 41.2 Å². The van der Waals surface area contributed by atoms with Crippen LogP contribution in [-0.4, -0.2) is 43.9 Å². The first-order chi connectivity index (χ1) is 18.6. The molecule has 1 aliphatic carbocycles. The molecule has 40 heavy (non-hydrogen) atoms. The average Bonchev–Trinajstić information content (AvgIpc) is 3.68. The largest absolute Gasteiger partial charge is 0.490 e. The highest BCUT2D eigenvalue weighted by molar-refractivity contribution is 6.33. The van der Waals surface area contributed by atoms with Gasteiger partial charge in [0.15, 0.2) is 0 Å². The predicted molar refractivity (Wildman–Crippen MR) is 149 cm³/mol. The van der Waals surface area contributed by atoms with Crippen LogP contribution >= 0.6 is 11.6 Å². The maximum absolute atomic E-state index is 14.0. The number of amides is 1. The molecule has 1 heterocycles.